The molecule has 0 radical (unpaired) electrons. The number of aryl methyl sites for hydroxylation is 1. The van der Waals surface area contributed by atoms with Gasteiger partial charge in [-0.15, -0.1) is 0 Å². The summed E-state index contributed by atoms with van der Waals surface area (Å²) in [4.78, 5) is 23.0. The van der Waals surface area contributed by atoms with E-state index in [1.807, 2.05) is 0 Å². The number of carboxylic acids is 1. The van der Waals surface area contributed by atoms with E-state index in [2.05, 4.69) is 0 Å². The minimum atomic E-state index is -4.54. The van der Waals surface area contributed by atoms with Crippen molar-refractivity contribution >= 4 is 11.8 Å². The number of carbonyl (C=O) groups is 2. The minimum absolute atomic E-state index is 0.0224. The summed E-state index contributed by atoms with van der Waals surface area (Å²) >= 11 is 0. The van der Waals surface area contributed by atoms with Crippen LogP contribution in [0.15, 0.2) is 36.5 Å². The summed E-state index contributed by atoms with van der Waals surface area (Å²) in [7, 11) is 1.44. The Balaban J connectivity index is 2.41. The topological polar surface area (TPSA) is 59.3 Å². The number of carboxylic acid groups (broad SMARTS) is 1. The highest BCUT2D eigenvalue weighted by Gasteiger charge is 2.31. The minimum Gasteiger partial charge on any atom is -0.477 e. The largest absolute Gasteiger partial charge is 0.477 e. The first-order valence-electron chi connectivity index (χ1n) is 5.82. The standard InChI is InChI=1S/C14H10F3NO3/c1-18-7-9(6-11(18)13(20)21)12(19)8-3-2-4-10(5-8)14(15,16)17/h2-7H,1H3,(H,20,21). The zero-order chi connectivity index (χ0) is 15.8. The molecule has 2 rings (SSSR count). The van der Waals surface area contributed by atoms with Crippen molar-refractivity contribution < 1.29 is 27.9 Å². The van der Waals surface area contributed by atoms with E-state index in [0.717, 1.165) is 24.3 Å². The van der Waals surface area contributed by atoms with Gasteiger partial charge in [0.25, 0.3) is 0 Å². The number of aromatic carboxylic acids is 1. The molecule has 1 N–H and O–H groups in total. The van der Waals surface area contributed by atoms with Crippen LogP contribution in [0, 0.1) is 0 Å². The van der Waals surface area contributed by atoms with Gasteiger partial charge in [0.2, 0.25) is 0 Å². The van der Waals surface area contributed by atoms with Crippen LogP contribution in [-0.4, -0.2) is 21.4 Å². The average Bonchev–Trinajstić information content (AvgIpc) is 2.79. The number of aromatic nitrogens is 1. The zero-order valence-corrected chi connectivity index (χ0v) is 10.8. The number of hydrogen-bond donors (Lipinski definition) is 1. The molecule has 1 aromatic carbocycles. The molecule has 0 spiro atoms. The summed E-state index contributed by atoms with van der Waals surface area (Å²) in [6.07, 6.45) is -3.27. The van der Waals surface area contributed by atoms with Crippen LogP contribution in [0.25, 0.3) is 0 Å². The van der Waals surface area contributed by atoms with E-state index >= 15 is 0 Å². The third-order valence-corrected chi connectivity index (χ3v) is 2.94. The van der Waals surface area contributed by atoms with Gasteiger partial charge < -0.3 is 9.67 Å². The number of hydrogen-bond acceptors (Lipinski definition) is 2. The number of alkyl halides is 3. The van der Waals surface area contributed by atoms with Crippen LogP contribution in [0.1, 0.15) is 32.0 Å². The van der Waals surface area contributed by atoms with E-state index in [9.17, 15) is 22.8 Å². The first-order valence-corrected chi connectivity index (χ1v) is 5.82. The van der Waals surface area contributed by atoms with Crippen molar-refractivity contribution in [2.45, 2.75) is 6.18 Å². The normalized spacial score (nSPS) is 11.4. The molecule has 0 bridgehead atoms. The van der Waals surface area contributed by atoms with Gasteiger partial charge in [0, 0.05) is 24.4 Å². The maximum Gasteiger partial charge on any atom is 0.416 e. The van der Waals surface area contributed by atoms with Crippen molar-refractivity contribution in [2.24, 2.45) is 7.05 Å². The van der Waals surface area contributed by atoms with E-state index in [1.165, 1.54) is 23.9 Å². The molecule has 1 aromatic heterocycles. The van der Waals surface area contributed by atoms with Crippen molar-refractivity contribution in [3.63, 3.8) is 0 Å². The first-order chi connectivity index (χ1) is 9.70. The number of rotatable bonds is 3. The van der Waals surface area contributed by atoms with Gasteiger partial charge in [-0.3, -0.25) is 4.79 Å². The van der Waals surface area contributed by atoms with Crippen molar-refractivity contribution in [1.82, 2.24) is 4.57 Å². The summed E-state index contributed by atoms with van der Waals surface area (Å²) in [6, 6.07) is 5.13. The van der Waals surface area contributed by atoms with Crippen molar-refractivity contribution in [3.05, 3.63) is 58.9 Å². The molecule has 0 aliphatic carbocycles. The molecule has 2 aromatic rings. The van der Waals surface area contributed by atoms with Gasteiger partial charge in [-0.2, -0.15) is 13.2 Å². The molecular weight excluding hydrogens is 287 g/mol. The summed E-state index contributed by atoms with van der Waals surface area (Å²) in [5.74, 6) is -1.88. The van der Waals surface area contributed by atoms with E-state index in [-0.39, 0.29) is 16.8 Å². The smallest absolute Gasteiger partial charge is 0.416 e. The van der Waals surface area contributed by atoms with E-state index in [1.54, 1.807) is 0 Å². The molecule has 0 amide bonds. The third kappa shape index (κ3) is 2.96. The lowest BCUT2D eigenvalue weighted by Gasteiger charge is -2.07. The molecule has 110 valence electrons. The van der Waals surface area contributed by atoms with E-state index in [0.29, 0.717) is 0 Å². The first kappa shape index (κ1) is 14.8. The summed E-state index contributed by atoms with van der Waals surface area (Å²) in [6.45, 7) is 0. The van der Waals surface area contributed by atoms with Crippen molar-refractivity contribution in [1.29, 1.82) is 0 Å². The van der Waals surface area contributed by atoms with Crippen LogP contribution in [0.2, 0.25) is 0 Å². The highest BCUT2D eigenvalue weighted by molar-refractivity contribution is 6.10. The Labute approximate surface area is 117 Å². The fraction of sp³-hybridized carbons (Fsp3) is 0.143. The van der Waals surface area contributed by atoms with Crippen LogP contribution < -0.4 is 0 Å². The Hall–Kier alpha value is -2.57. The molecule has 0 saturated heterocycles. The van der Waals surface area contributed by atoms with Gasteiger partial charge >= 0.3 is 12.1 Å². The average molecular weight is 297 g/mol. The lowest BCUT2D eigenvalue weighted by molar-refractivity contribution is -0.137. The maximum atomic E-state index is 12.6. The number of carbonyl (C=O) groups excluding carboxylic acids is 1. The van der Waals surface area contributed by atoms with Gasteiger partial charge in [0.05, 0.1) is 5.56 Å². The number of benzene rings is 1. The van der Waals surface area contributed by atoms with E-state index < -0.39 is 23.5 Å². The Morgan fingerprint density at radius 1 is 1.14 bits per heavy atom. The summed E-state index contributed by atoms with van der Waals surface area (Å²) in [5.41, 5.74) is -1.17. The monoisotopic (exact) mass is 297 g/mol. The maximum absolute atomic E-state index is 12.6. The molecule has 0 aliphatic heterocycles. The molecule has 7 heteroatoms. The molecule has 0 saturated carbocycles. The molecule has 21 heavy (non-hydrogen) atoms. The molecule has 0 unspecified atom stereocenters. The number of nitrogens with zero attached hydrogens (tertiary/aromatic N) is 1. The van der Waals surface area contributed by atoms with Crippen LogP contribution in [0.3, 0.4) is 0 Å². The Morgan fingerprint density at radius 3 is 2.33 bits per heavy atom. The van der Waals surface area contributed by atoms with Crippen molar-refractivity contribution in [2.75, 3.05) is 0 Å². The Morgan fingerprint density at radius 2 is 1.81 bits per heavy atom. The van der Waals surface area contributed by atoms with Crippen LogP contribution in [0.5, 0.6) is 0 Å². The zero-order valence-electron chi connectivity index (χ0n) is 10.8. The second-order valence-electron chi connectivity index (χ2n) is 4.44. The van der Waals surface area contributed by atoms with Gasteiger partial charge in [0.15, 0.2) is 5.78 Å². The van der Waals surface area contributed by atoms with Crippen molar-refractivity contribution in [3.8, 4) is 0 Å². The Kier molecular flexibility index (Phi) is 3.59. The SMILES string of the molecule is Cn1cc(C(=O)c2cccc(C(F)(F)F)c2)cc1C(=O)O. The second kappa shape index (κ2) is 5.08. The predicted octanol–water partition coefficient (Wildman–Crippen LogP) is 2.97. The predicted molar refractivity (Wildman–Crippen MR) is 67.2 cm³/mol. The van der Waals surface area contributed by atoms with E-state index in [4.69, 9.17) is 5.11 Å². The van der Waals surface area contributed by atoms with Crippen LogP contribution in [-0.2, 0) is 13.2 Å². The molecule has 1 heterocycles. The molecule has 0 fully saturated rings. The van der Waals surface area contributed by atoms with Gasteiger partial charge in [-0.05, 0) is 18.2 Å². The quantitative estimate of drug-likeness (QED) is 0.886. The second-order valence-corrected chi connectivity index (χ2v) is 4.44. The highest BCUT2D eigenvalue weighted by atomic mass is 19.4. The van der Waals surface area contributed by atoms with Gasteiger partial charge in [0.1, 0.15) is 5.69 Å². The third-order valence-electron chi connectivity index (χ3n) is 2.94. The summed E-state index contributed by atoms with van der Waals surface area (Å²) < 4.78 is 39.1. The number of ketones is 1. The fourth-order valence-electron chi connectivity index (χ4n) is 1.90. The lowest BCUT2D eigenvalue weighted by atomic mass is 10.0. The van der Waals surface area contributed by atoms with Crippen LogP contribution >= 0.6 is 0 Å². The molecular formula is C14H10F3NO3. The Bertz CT molecular complexity index is 716. The van der Waals surface area contributed by atoms with Gasteiger partial charge in [-0.25, -0.2) is 4.79 Å². The highest BCUT2D eigenvalue weighted by Crippen LogP contribution is 2.30. The van der Waals surface area contributed by atoms with Gasteiger partial charge in [-0.1, -0.05) is 12.1 Å². The van der Waals surface area contributed by atoms with Crippen LogP contribution in [0.4, 0.5) is 13.2 Å². The molecule has 4 nitrogen and oxygen atoms in total. The summed E-state index contributed by atoms with van der Waals surface area (Å²) in [5, 5.41) is 8.90. The lowest BCUT2D eigenvalue weighted by Crippen LogP contribution is -2.07. The molecule has 0 atom stereocenters. The number of halogens is 3. The molecule has 0 aliphatic rings. The fourth-order valence-corrected chi connectivity index (χ4v) is 1.90.